The Hall–Kier alpha value is -0.330. The molecule has 1 heteroatoms. The predicted octanol–water partition coefficient (Wildman–Crippen LogP) is 3.54. The van der Waals surface area contributed by atoms with Crippen molar-refractivity contribution in [3.05, 3.63) is 0 Å². The van der Waals surface area contributed by atoms with Gasteiger partial charge < -0.3 is 0 Å². The van der Waals surface area contributed by atoms with Gasteiger partial charge in [0.2, 0.25) is 0 Å². The molecule has 3 rings (SSSR count). The van der Waals surface area contributed by atoms with Gasteiger partial charge in [-0.2, -0.15) is 0 Å². The molecule has 14 heavy (non-hydrogen) atoms. The summed E-state index contributed by atoms with van der Waals surface area (Å²) in [4.78, 5) is 4.58. The highest BCUT2D eigenvalue weighted by Crippen LogP contribution is 2.59. The summed E-state index contributed by atoms with van der Waals surface area (Å²) in [6.45, 7) is 7.15. The SMILES string of the molecule is CCCC1CC2CC(C1=NC)C2(C)C. The van der Waals surface area contributed by atoms with Crippen LogP contribution in [0.2, 0.25) is 0 Å². The molecule has 0 N–H and O–H groups in total. The molecule has 0 saturated heterocycles. The first-order valence-electron chi connectivity index (χ1n) is 6.07. The van der Waals surface area contributed by atoms with Gasteiger partial charge in [0.1, 0.15) is 0 Å². The number of rotatable bonds is 2. The molecule has 3 unspecified atom stereocenters. The molecule has 3 fully saturated rings. The van der Waals surface area contributed by atoms with Crippen molar-refractivity contribution in [1.29, 1.82) is 0 Å². The molecular weight excluding hydrogens is 170 g/mol. The molecule has 0 aromatic heterocycles. The second kappa shape index (κ2) is 3.36. The van der Waals surface area contributed by atoms with Crippen molar-refractivity contribution in [2.24, 2.45) is 28.2 Å². The van der Waals surface area contributed by atoms with Gasteiger partial charge in [0, 0.05) is 18.7 Å². The van der Waals surface area contributed by atoms with Crippen LogP contribution in [0.4, 0.5) is 0 Å². The zero-order valence-electron chi connectivity index (χ0n) is 10.0. The van der Waals surface area contributed by atoms with Gasteiger partial charge in [-0.25, -0.2) is 0 Å². The molecule has 80 valence electrons. The van der Waals surface area contributed by atoms with Crippen molar-refractivity contribution in [2.45, 2.75) is 46.5 Å². The van der Waals surface area contributed by atoms with Crippen LogP contribution in [0.25, 0.3) is 0 Å². The van der Waals surface area contributed by atoms with Crippen LogP contribution in [0, 0.1) is 23.2 Å². The van der Waals surface area contributed by atoms with E-state index in [9.17, 15) is 0 Å². The van der Waals surface area contributed by atoms with Crippen molar-refractivity contribution >= 4 is 5.71 Å². The largest absolute Gasteiger partial charge is 0.297 e. The van der Waals surface area contributed by atoms with Crippen molar-refractivity contribution in [1.82, 2.24) is 0 Å². The number of aliphatic imine (C=N–C) groups is 1. The van der Waals surface area contributed by atoms with Crippen LogP contribution in [0.1, 0.15) is 46.5 Å². The van der Waals surface area contributed by atoms with E-state index < -0.39 is 0 Å². The van der Waals surface area contributed by atoms with Gasteiger partial charge in [0.15, 0.2) is 0 Å². The molecule has 3 saturated carbocycles. The smallest absolute Gasteiger partial charge is 0.0276 e. The second-order valence-corrected chi connectivity index (χ2v) is 5.68. The van der Waals surface area contributed by atoms with Crippen LogP contribution in [-0.4, -0.2) is 12.8 Å². The Morgan fingerprint density at radius 1 is 1.36 bits per heavy atom. The van der Waals surface area contributed by atoms with Gasteiger partial charge in [-0.3, -0.25) is 4.99 Å². The predicted molar refractivity (Wildman–Crippen MR) is 61.8 cm³/mol. The van der Waals surface area contributed by atoms with Crippen molar-refractivity contribution in [3.63, 3.8) is 0 Å². The third-order valence-electron chi connectivity index (χ3n) is 4.71. The van der Waals surface area contributed by atoms with Crippen LogP contribution in [0.5, 0.6) is 0 Å². The minimum absolute atomic E-state index is 0.555. The second-order valence-electron chi connectivity index (χ2n) is 5.68. The molecule has 0 aliphatic heterocycles. The first kappa shape index (κ1) is 10.2. The van der Waals surface area contributed by atoms with E-state index in [4.69, 9.17) is 0 Å². The van der Waals surface area contributed by atoms with Crippen molar-refractivity contribution in [3.8, 4) is 0 Å². The summed E-state index contributed by atoms with van der Waals surface area (Å²) >= 11 is 0. The van der Waals surface area contributed by atoms with E-state index in [-0.39, 0.29) is 0 Å². The zero-order chi connectivity index (χ0) is 10.3. The quantitative estimate of drug-likeness (QED) is 0.636. The van der Waals surface area contributed by atoms with Crippen LogP contribution in [-0.2, 0) is 0 Å². The molecule has 2 bridgehead atoms. The summed E-state index contributed by atoms with van der Waals surface area (Å²) in [6.07, 6.45) is 5.49. The highest BCUT2D eigenvalue weighted by atomic mass is 14.8. The summed E-state index contributed by atoms with van der Waals surface area (Å²) in [6, 6.07) is 0. The molecule has 0 spiro atoms. The van der Waals surface area contributed by atoms with Crippen LogP contribution in [0.15, 0.2) is 4.99 Å². The fourth-order valence-electron chi connectivity index (χ4n) is 3.62. The summed E-state index contributed by atoms with van der Waals surface area (Å²) in [5.41, 5.74) is 2.10. The van der Waals surface area contributed by atoms with E-state index in [0.29, 0.717) is 5.41 Å². The summed E-state index contributed by atoms with van der Waals surface area (Å²) in [5, 5.41) is 0. The van der Waals surface area contributed by atoms with Crippen LogP contribution < -0.4 is 0 Å². The van der Waals surface area contributed by atoms with Gasteiger partial charge in [0.05, 0.1) is 0 Å². The average Bonchev–Trinajstić information content (AvgIpc) is 2.17. The lowest BCUT2D eigenvalue weighted by molar-refractivity contribution is -0.0147. The molecule has 0 aromatic rings. The maximum Gasteiger partial charge on any atom is 0.0276 e. The van der Waals surface area contributed by atoms with Gasteiger partial charge in [0.25, 0.3) is 0 Å². The first-order valence-corrected chi connectivity index (χ1v) is 6.07. The standard InChI is InChI=1S/C13H23N/c1-5-6-9-7-10-8-11(12(9)14-4)13(10,2)3/h9-11H,5-8H2,1-4H3. The molecule has 1 nitrogen and oxygen atoms in total. The third kappa shape index (κ3) is 1.24. The fourth-order valence-corrected chi connectivity index (χ4v) is 3.62. The molecule has 3 atom stereocenters. The third-order valence-corrected chi connectivity index (χ3v) is 4.71. The van der Waals surface area contributed by atoms with Gasteiger partial charge in [-0.15, -0.1) is 0 Å². The molecule has 0 radical (unpaired) electrons. The Kier molecular flexibility index (Phi) is 2.45. The molecule has 3 aliphatic carbocycles. The van der Waals surface area contributed by atoms with E-state index in [2.05, 4.69) is 25.8 Å². The van der Waals surface area contributed by atoms with Crippen molar-refractivity contribution < 1.29 is 0 Å². The van der Waals surface area contributed by atoms with E-state index in [1.165, 1.54) is 25.7 Å². The number of nitrogens with zero attached hydrogens (tertiary/aromatic N) is 1. The van der Waals surface area contributed by atoms with Gasteiger partial charge in [-0.1, -0.05) is 27.2 Å². The minimum Gasteiger partial charge on any atom is -0.297 e. The lowest BCUT2D eigenvalue weighted by Crippen LogP contribution is -2.56. The number of hydrogen-bond donors (Lipinski definition) is 0. The summed E-state index contributed by atoms with van der Waals surface area (Å²) < 4.78 is 0. The maximum absolute atomic E-state index is 4.58. The van der Waals surface area contributed by atoms with E-state index in [0.717, 1.165) is 17.8 Å². The summed E-state index contributed by atoms with van der Waals surface area (Å²) in [5.74, 6) is 2.61. The Labute approximate surface area is 88.0 Å². The minimum atomic E-state index is 0.555. The lowest BCUT2D eigenvalue weighted by Gasteiger charge is -2.59. The van der Waals surface area contributed by atoms with Crippen molar-refractivity contribution in [2.75, 3.05) is 7.05 Å². The topological polar surface area (TPSA) is 12.4 Å². The zero-order valence-corrected chi connectivity index (χ0v) is 10.0. The monoisotopic (exact) mass is 193 g/mol. The Balaban J connectivity index is 2.15. The average molecular weight is 193 g/mol. The summed E-state index contributed by atoms with van der Waals surface area (Å²) in [7, 11) is 1.99. The number of fused-ring (bicyclic) bond motifs is 2. The highest BCUT2D eigenvalue weighted by Gasteiger charge is 2.55. The van der Waals surface area contributed by atoms with Crippen LogP contribution in [0.3, 0.4) is 0 Å². The van der Waals surface area contributed by atoms with E-state index in [1.54, 1.807) is 5.71 Å². The van der Waals surface area contributed by atoms with E-state index in [1.807, 2.05) is 7.05 Å². The van der Waals surface area contributed by atoms with E-state index >= 15 is 0 Å². The molecule has 0 aromatic carbocycles. The fraction of sp³-hybridized carbons (Fsp3) is 0.923. The van der Waals surface area contributed by atoms with Gasteiger partial charge in [-0.05, 0) is 36.5 Å². The molecular formula is C13H23N. The number of hydrogen-bond acceptors (Lipinski definition) is 1. The maximum atomic E-state index is 4.58. The van der Waals surface area contributed by atoms with Gasteiger partial charge >= 0.3 is 0 Å². The Morgan fingerprint density at radius 2 is 2.07 bits per heavy atom. The Morgan fingerprint density at radius 3 is 2.57 bits per heavy atom. The van der Waals surface area contributed by atoms with Crippen LogP contribution >= 0.6 is 0 Å². The first-order chi connectivity index (χ1) is 6.61. The highest BCUT2D eigenvalue weighted by molar-refractivity contribution is 5.91. The molecule has 3 aliphatic rings. The molecule has 0 heterocycles. The molecule has 0 amide bonds. The normalized spacial score (nSPS) is 42.3. The lowest BCUT2D eigenvalue weighted by atomic mass is 9.45. The Bertz CT molecular complexity index is 252.